The number of fused-ring (bicyclic) bond motifs is 1. The Balaban J connectivity index is 1.18. The van der Waals surface area contributed by atoms with Gasteiger partial charge in [-0.15, -0.1) is 0 Å². The minimum Gasteiger partial charge on any atom is -0.391 e. The first kappa shape index (κ1) is 24.3. The number of carbonyl (C=O) groups is 2. The Morgan fingerprint density at radius 3 is 2.71 bits per heavy atom. The largest absolute Gasteiger partial charge is 0.416 e. The number of piperazine rings is 1. The molecule has 5 rings (SSSR count). The number of halogens is 3. The average molecular weight is 497 g/mol. The van der Waals surface area contributed by atoms with Crippen LogP contribution in [0.15, 0.2) is 24.3 Å². The fourth-order valence-electron chi connectivity index (χ4n) is 5.56. The number of amides is 3. The van der Waals surface area contributed by atoms with Gasteiger partial charge >= 0.3 is 12.2 Å². The number of aliphatic hydroxyl groups is 1. The summed E-state index contributed by atoms with van der Waals surface area (Å²) in [5.41, 5.74) is -0.706. The number of hydrogen-bond donors (Lipinski definition) is 2. The molecule has 11 heteroatoms. The fourth-order valence-corrected chi connectivity index (χ4v) is 5.56. The van der Waals surface area contributed by atoms with Crippen LogP contribution in [0.3, 0.4) is 0 Å². The number of nitrogens with zero attached hydrogens (tertiary/aromatic N) is 3. The molecule has 1 aromatic rings. The molecule has 0 aromatic heterocycles. The number of carbonyl (C=O) groups excluding carboxylic acids is 2. The van der Waals surface area contributed by atoms with Gasteiger partial charge in [0, 0.05) is 18.8 Å². The van der Waals surface area contributed by atoms with Crippen molar-refractivity contribution in [2.45, 2.75) is 63.2 Å². The molecule has 1 spiro atoms. The maximum absolute atomic E-state index is 13.2. The van der Waals surface area contributed by atoms with Gasteiger partial charge in [-0.25, -0.2) is 4.79 Å². The molecule has 192 valence electrons. The molecule has 1 aliphatic carbocycles. The fraction of sp³-hybridized carbons (Fsp3) is 0.667. The molecule has 3 heterocycles. The highest BCUT2D eigenvalue weighted by atomic mass is 19.4. The van der Waals surface area contributed by atoms with Gasteiger partial charge in [0.2, 0.25) is 5.91 Å². The Labute approximate surface area is 202 Å². The average Bonchev–Trinajstić information content (AvgIpc) is 3.48. The van der Waals surface area contributed by atoms with E-state index in [1.54, 1.807) is 11.8 Å². The second-order valence-electron chi connectivity index (χ2n) is 10.2. The summed E-state index contributed by atoms with van der Waals surface area (Å²) in [6, 6.07) is 2.87. The Bertz CT molecular complexity index is 986. The van der Waals surface area contributed by atoms with Crippen molar-refractivity contribution in [1.29, 1.82) is 0 Å². The molecule has 3 saturated heterocycles. The Morgan fingerprint density at radius 2 is 2.03 bits per heavy atom. The number of aliphatic hydroxyl groups excluding tert-OH is 1. The molecule has 4 unspecified atom stereocenters. The van der Waals surface area contributed by atoms with Crippen molar-refractivity contribution in [3.05, 3.63) is 29.8 Å². The summed E-state index contributed by atoms with van der Waals surface area (Å²) >= 11 is 0. The van der Waals surface area contributed by atoms with E-state index in [2.05, 4.69) is 10.2 Å². The standard InChI is InChI=1S/C24H31F3N4O4/c1-15-21(33)31-18(5-9-29-10-8-23(6-7-23)19(32)12-29)14-35-20(31)13-30(15)22(34)28-17-4-2-3-16(11-17)24(25,26)27/h2-4,11,15,18-20,32H,5-10,12-14H2,1H3,(H,28,34). The molecule has 2 N–H and O–H groups in total. The van der Waals surface area contributed by atoms with Crippen LogP contribution in [0.4, 0.5) is 23.7 Å². The van der Waals surface area contributed by atoms with Crippen molar-refractivity contribution in [2.75, 3.05) is 38.1 Å². The first-order valence-electron chi connectivity index (χ1n) is 12.2. The number of nitrogens with one attached hydrogen (secondary N) is 1. The van der Waals surface area contributed by atoms with Gasteiger partial charge in [0.25, 0.3) is 0 Å². The first-order valence-corrected chi connectivity index (χ1v) is 12.2. The van der Waals surface area contributed by atoms with E-state index in [-0.39, 0.29) is 35.7 Å². The lowest BCUT2D eigenvalue weighted by Gasteiger charge is -2.42. The normalized spacial score (nSPS) is 30.5. The molecule has 4 aliphatic rings. The SMILES string of the molecule is CC1C(=O)N2C(CCN3CCC4(CC4)C(O)C3)COC2CN1C(=O)Nc1cccc(C(F)(F)F)c1. The number of ether oxygens (including phenoxy) is 1. The quantitative estimate of drug-likeness (QED) is 0.670. The molecule has 0 bridgehead atoms. The number of anilines is 1. The number of β-amino-alcohol motifs (C(OH)–C–C–N with tert-alkyl or cyclic N) is 1. The molecule has 4 fully saturated rings. The summed E-state index contributed by atoms with van der Waals surface area (Å²) in [6.45, 7) is 4.49. The van der Waals surface area contributed by atoms with E-state index in [0.717, 1.165) is 44.5 Å². The summed E-state index contributed by atoms with van der Waals surface area (Å²) in [5.74, 6) is -0.237. The van der Waals surface area contributed by atoms with E-state index in [9.17, 15) is 27.9 Å². The van der Waals surface area contributed by atoms with Crippen LogP contribution in [0, 0.1) is 5.41 Å². The topological polar surface area (TPSA) is 85.4 Å². The number of urea groups is 1. The van der Waals surface area contributed by atoms with Crippen LogP contribution in [0.5, 0.6) is 0 Å². The zero-order chi connectivity index (χ0) is 25.0. The maximum Gasteiger partial charge on any atom is 0.416 e. The van der Waals surface area contributed by atoms with Crippen molar-refractivity contribution < 1.29 is 32.6 Å². The summed E-state index contributed by atoms with van der Waals surface area (Å²) in [4.78, 5) is 31.3. The molecular weight excluding hydrogens is 465 g/mol. The Hall–Kier alpha value is -2.37. The number of hydrogen-bond acceptors (Lipinski definition) is 5. The zero-order valence-electron chi connectivity index (χ0n) is 19.6. The third-order valence-electron chi connectivity index (χ3n) is 8.05. The minimum atomic E-state index is -4.52. The van der Waals surface area contributed by atoms with Gasteiger partial charge < -0.3 is 29.9 Å². The Kier molecular flexibility index (Phi) is 6.21. The third kappa shape index (κ3) is 4.73. The summed E-state index contributed by atoms with van der Waals surface area (Å²) in [6.07, 6.45) is -1.45. The van der Waals surface area contributed by atoms with Crippen molar-refractivity contribution in [1.82, 2.24) is 14.7 Å². The molecule has 8 nitrogen and oxygen atoms in total. The number of benzene rings is 1. The lowest BCUT2D eigenvalue weighted by atomic mass is 9.90. The molecule has 1 aromatic carbocycles. The van der Waals surface area contributed by atoms with Crippen molar-refractivity contribution >= 4 is 17.6 Å². The molecule has 3 aliphatic heterocycles. The predicted octanol–water partition coefficient (Wildman–Crippen LogP) is 2.73. The molecular formula is C24H31F3N4O4. The highest BCUT2D eigenvalue weighted by Gasteiger charge is 2.51. The number of likely N-dealkylation sites (tertiary alicyclic amines) is 1. The lowest BCUT2D eigenvalue weighted by molar-refractivity contribution is -0.150. The second-order valence-corrected chi connectivity index (χ2v) is 10.2. The maximum atomic E-state index is 13.2. The molecule has 4 atom stereocenters. The summed E-state index contributed by atoms with van der Waals surface area (Å²) < 4.78 is 44.8. The number of piperidine rings is 1. The number of rotatable bonds is 4. The van der Waals surface area contributed by atoms with Crippen LogP contribution >= 0.6 is 0 Å². The van der Waals surface area contributed by atoms with Crippen LogP contribution in [-0.4, -0.2) is 88.9 Å². The molecule has 0 radical (unpaired) electrons. The van der Waals surface area contributed by atoms with E-state index in [1.165, 1.54) is 17.0 Å². The molecule has 35 heavy (non-hydrogen) atoms. The van der Waals surface area contributed by atoms with Crippen LogP contribution < -0.4 is 5.32 Å². The monoisotopic (exact) mass is 496 g/mol. The van der Waals surface area contributed by atoms with Gasteiger partial charge in [0.05, 0.1) is 30.9 Å². The van der Waals surface area contributed by atoms with E-state index in [4.69, 9.17) is 4.74 Å². The predicted molar refractivity (Wildman–Crippen MR) is 120 cm³/mol. The van der Waals surface area contributed by atoms with Gasteiger partial charge in [-0.3, -0.25) is 4.79 Å². The van der Waals surface area contributed by atoms with Gasteiger partial charge in [-0.1, -0.05) is 6.07 Å². The van der Waals surface area contributed by atoms with Crippen LogP contribution in [0.25, 0.3) is 0 Å². The lowest BCUT2D eigenvalue weighted by Crippen LogP contribution is -2.63. The third-order valence-corrected chi connectivity index (χ3v) is 8.05. The van der Waals surface area contributed by atoms with Crippen molar-refractivity contribution in [3.8, 4) is 0 Å². The van der Waals surface area contributed by atoms with Crippen molar-refractivity contribution in [2.24, 2.45) is 5.41 Å². The molecule has 3 amide bonds. The van der Waals surface area contributed by atoms with E-state index < -0.39 is 30.0 Å². The van der Waals surface area contributed by atoms with Crippen LogP contribution in [-0.2, 0) is 15.7 Å². The van der Waals surface area contributed by atoms with E-state index in [1.807, 2.05) is 0 Å². The zero-order valence-corrected chi connectivity index (χ0v) is 19.6. The van der Waals surface area contributed by atoms with Crippen molar-refractivity contribution in [3.63, 3.8) is 0 Å². The second kappa shape index (κ2) is 8.94. The van der Waals surface area contributed by atoms with Crippen LogP contribution in [0.2, 0.25) is 0 Å². The highest BCUT2D eigenvalue weighted by molar-refractivity contribution is 5.94. The summed E-state index contributed by atoms with van der Waals surface area (Å²) in [5, 5.41) is 12.9. The highest BCUT2D eigenvalue weighted by Crippen LogP contribution is 2.53. The van der Waals surface area contributed by atoms with Gasteiger partial charge in [-0.05, 0) is 62.8 Å². The summed E-state index contributed by atoms with van der Waals surface area (Å²) in [7, 11) is 0. The smallest absolute Gasteiger partial charge is 0.391 e. The van der Waals surface area contributed by atoms with E-state index in [0.29, 0.717) is 19.6 Å². The molecule has 1 saturated carbocycles. The minimum absolute atomic E-state index is 0.00816. The Morgan fingerprint density at radius 1 is 1.26 bits per heavy atom. The van der Waals surface area contributed by atoms with Gasteiger partial charge in [-0.2, -0.15) is 13.2 Å². The van der Waals surface area contributed by atoms with Gasteiger partial charge in [0.1, 0.15) is 6.04 Å². The van der Waals surface area contributed by atoms with E-state index >= 15 is 0 Å². The number of alkyl halides is 3. The van der Waals surface area contributed by atoms with Crippen LogP contribution in [0.1, 0.15) is 38.2 Å². The first-order chi connectivity index (χ1) is 16.6. The van der Waals surface area contributed by atoms with Gasteiger partial charge in [0.15, 0.2) is 6.23 Å².